The number of carbonyl (C=O) groups is 2. The molecule has 2 fully saturated rings. The molecule has 1 aromatic rings. The van der Waals surface area contributed by atoms with Crippen LogP contribution in [0.25, 0.3) is 0 Å². The van der Waals surface area contributed by atoms with Gasteiger partial charge in [-0.2, -0.15) is 0 Å². The molecule has 3 aliphatic heterocycles. The second kappa shape index (κ2) is 7.95. The van der Waals surface area contributed by atoms with Crippen LogP contribution in [0, 0.1) is 0 Å². The molecule has 0 spiro atoms. The first-order valence-electron chi connectivity index (χ1n) is 10.8. The van der Waals surface area contributed by atoms with Crippen LogP contribution in [0.1, 0.15) is 30.8 Å². The summed E-state index contributed by atoms with van der Waals surface area (Å²) in [5, 5.41) is 2.27. The highest BCUT2D eigenvalue weighted by molar-refractivity contribution is 6.16. The zero-order valence-electron chi connectivity index (χ0n) is 18.2. The monoisotopic (exact) mass is 455 g/mol. The molecule has 1 saturated heterocycles. The molecular formula is C23H23F2N5O3. The second-order valence-corrected chi connectivity index (χ2v) is 8.83. The molecule has 4 atom stereocenters. The van der Waals surface area contributed by atoms with Crippen molar-refractivity contribution in [3.8, 4) is 5.75 Å². The Kier molecular flexibility index (Phi) is 5.19. The fourth-order valence-electron chi connectivity index (χ4n) is 3.98. The van der Waals surface area contributed by atoms with Gasteiger partial charge in [-0.05, 0) is 43.7 Å². The van der Waals surface area contributed by atoms with Crippen LogP contribution >= 0.6 is 0 Å². The van der Waals surface area contributed by atoms with Crippen LogP contribution in [0.2, 0.25) is 0 Å². The van der Waals surface area contributed by atoms with Crippen molar-refractivity contribution in [1.82, 2.24) is 15.2 Å². The predicted molar refractivity (Wildman–Crippen MR) is 117 cm³/mol. The summed E-state index contributed by atoms with van der Waals surface area (Å²) in [6.45, 7) is 5.15. The van der Waals surface area contributed by atoms with Crippen LogP contribution in [0.15, 0.2) is 51.6 Å². The molecule has 0 bridgehead atoms. The summed E-state index contributed by atoms with van der Waals surface area (Å²) < 4.78 is 31.9. The number of nitrogens with zero attached hydrogens (tertiary/aromatic N) is 4. The van der Waals surface area contributed by atoms with Gasteiger partial charge in [-0.1, -0.05) is 0 Å². The Morgan fingerprint density at radius 2 is 2.15 bits per heavy atom. The number of aliphatic imine (C=N–C) groups is 2. The second-order valence-electron chi connectivity index (χ2n) is 8.83. The molecule has 0 radical (unpaired) electrons. The molecule has 4 heterocycles. The van der Waals surface area contributed by atoms with Gasteiger partial charge in [-0.15, -0.1) is 0 Å². The molecule has 172 valence electrons. The highest BCUT2D eigenvalue weighted by Gasteiger charge is 2.58. The van der Waals surface area contributed by atoms with E-state index in [4.69, 9.17) is 4.74 Å². The number of halogens is 2. The lowest BCUT2D eigenvalue weighted by molar-refractivity contribution is -0.114. The van der Waals surface area contributed by atoms with Crippen molar-refractivity contribution in [2.75, 3.05) is 13.1 Å². The Labute approximate surface area is 189 Å². The number of aromatic nitrogens is 1. The minimum Gasteiger partial charge on any atom is -0.486 e. The molecule has 10 heteroatoms. The fourth-order valence-corrected chi connectivity index (χ4v) is 3.98. The summed E-state index contributed by atoms with van der Waals surface area (Å²) in [6, 6.07) is 1.93. The number of amides is 2. The molecule has 0 aromatic carbocycles. The van der Waals surface area contributed by atoms with Gasteiger partial charge in [0, 0.05) is 37.3 Å². The maximum absolute atomic E-state index is 13.0. The molecule has 1 N–H and O–H groups in total. The van der Waals surface area contributed by atoms with Gasteiger partial charge in [-0.3, -0.25) is 19.5 Å². The standard InChI is InChI=1S/C23H23F2N5O3/c1-12-5-17-18(28-21(12)31)6-14(8-26-17)10-30-11-19(13(30)2)33-15-3-4-16(27-9-15)22(32)29-20-7-23(20,24)25/h3-6,8-9,13,17,19-20H,7,10-11H2,1-2H3,(H,29,32)/t13-,17?,19+,20-/m1/s1. The molecule has 8 nitrogen and oxygen atoms in total. The summed E-state index contributed by atoms with van der Waals surface area (Å²) >= 11 is 0. The first-order valence-corrected chi connectivity index (χ1v) is 10.8. The summed E-state index contributed by atoms with van der Waals surface area (Å²) in [5.41, 5.74) is 2.34. The highest BCUT2D eigenvalue weighted by Crippen LogP contribution is 2.41. The van der Waals surface area contributed by atoms with Crippen molar-refractivity contribution in [2.24, 2.45) is 9.98 Å². The van der Waals surface area contributed by atoms with E-state index in [-0.39, 0.29) is 36.2 Å². The number of hydrogen-bond donors (Lipinski definition) is 1. The Hall–Kier alpha value is -3.27. The zero-order chi connectivity index (χ0) is 23.3. The first-order chi connectivity index (χ1) is 15.7. The van der Waals surface area contributed by atoms with Gasteiger partial charge in [0.25, 0.3) is 17.7 Å². The van der Waals surface area contributed by atoms with Gasteiger partial charge in [0.2, 0.25) is 0 Å². The van der Waals surface area contributed by atoms with E-state index in [0.29, 0.717) is 30.1 Å². The Balaban J connectivity index is 1.12. The van der Waals surface area contributed by atoms with Crippen molar-refractivity contribution in [3.05, 3.63) is 47.3 Å². The number of alkyl halides is 2. The number of nitrogens with one attached hydrogen (secondary N) is 1. The van der Waals surface area contributed by atoms with E-state index < -0.39 is 17.9 Å². The van der Waals surface area contributed by atoms with Gasteiger partial charge >= 0.3 is 0 Å². The van der Waals surface area contributed by atoms with Crippen molar-refractivity contribution >= 4 is 23.7 Å². The lowest BCUT2D eigenvalue weighted by Crippen LogP contribution is -2.61. The van der Waals surface area contributed by atoms with Crippen molar-refractivity contribution < 1.29 is 23.1 Å². The maximum Gasteiger partial charge on any atom is 0.272 e. The maximum atomic E-state index is 13.0. The van der Waals surface area contributed by atoms with Gasteiger partial charge in [0.1, 0.15) is 23.6 Å². The lowest BCUT2D eigenvalue weighted by atomic mass is 9.97. The number of carbonyl (C=O) groups excluding carboxylic acids is 2. The number of ether oxygens (including phenoxy) is 1. The number of hydrogen-bond acceptors (Lipinski definition) is 6. The first kappa shape index (κ1) is 21.6. The molecule has 33 heavy (non-hydrogen) atoms. The lowest BCUT2D eigenvalue weighted by Gasteiger charge is -2.46. The van der Waals surface area contributed by atoms with Crippen LogP contribution in [0.3, 0.4) is 0 Å². The highest BCUT2D eigenvalue weighted by atomic mass is 19.3. The number of rotatable bonds is 6. The van der Waals surface area contributed by atoms with Crippen LogP contribution in [-0.2, 0) is 4.79 Å². The van der Waals surface area contributed by atoms with Crippen molar-refractivity contribution in [3.63, 3.8) is 0 Å². The van der Waals surface area contributed by atoms with E-state index in [1.54, 1.807) is 13.0 Å². The van der Waals surface area contributed by atoms with Crippen LogP contribution in [0.4, 0.5) is 8.78 Å². The topological polar surface area (TPSA) is 96.2 Å². The number of likely N-dealkylation sites (tertiary alicyclic amines) is 1. The minimum atomic E-state index is -2.82. The van der Waals surface area contributed by atoms with Gasteiger partial charge in [0.05, 0.1) is 18.0 Å². The number of pyridine rings is 1. The number of dihydropyridines is 2. The minimum absolute atomic E-state index is 0.0512. The van der Waals surface area contributed by atoms with Crippen LogP contribution in [-0.4, -0.2) is 76.9 Å². The normalized spacial score (nSPS) is 29.8. The molecule has 1 unspecified atom stereocenters. The summed E-state index contributed by atoms with van der Waals surface area (Å²) in [7, 11) is 0. The average Bonchev–Trinajstić information content (AvgIpc) is 3.39. The zero-order valence-corrected chi connectivity index (χ0v) is 18.2. The van der Waals surface area contributed by atoms with Crippen LogP contribution < -0.4 is 10.1 Å². The third-order valence-corrected chi connectivity index (χ3v) is 6.31. The Bertz CT molecular complexity index is 1130. The molecule has 5 rings (SSSR count). The molecule has 2 amide bonds. The van der Waals surface area contributed by atoms with E-state index in [9.17, 15) is 18.4 Å². The molecule has 1 aromatic heterocycles. The quantitative estimate of drug-likeness (QED) is 0.708. The molecule has 1 aliphatic carbocycles. The summed E-state index contributed by atoms with van der Waals surface area (Å²) in [5.74, 6) is -3.14. The predicted octanol–water partition coefficient (Wildman–Crippen LogP) is 1.98. The Morgan fingerprint density at radius 3 is 2.82 bits per heavy atom. The summed E-state index contributed by atoms with van der Waals surface area (Å²) in [6.07, 6.45) is 6.63. The third-order valence-electron chi connectivity index (χ3n) is 6.31. The van der Waals surface area contributed by atoms with E-state index in [2.05, 4.69) is 32.1 Å². The van der Waals surface area contributed by atoms with Crippen LogP contribution in [0.5, 0.6) is 5.75 Å². The Morgan fingerprint density at radius 1 is 1.36 bits per heavy atom. The largest absolute Gasteiger partial charge is 0.486 e. The fraction of sp³-hybridized carbons (Fsp3) is 0.435. The van der Waals surface area contributed by atoms with E-state index >= 15 is 0 Å². The number of fused-ring (bicyclic) bond motifs is 1. The van der Waals surface area contributed by atoms with Crippen molar-refractivity contribution in [2.45, 2.75) is 50.4 Å². The van der Waals surface area contributed by atoms with Gasteiger partial charge < -0.3 is 10.1 Å². The summed E-state index contributed by atoms with van der Waals surface area (Å²) in [4.78, 5) is 38.7. The third kappa shape index (κ3) is 4.35. The smallest absolute Gasteiger partial charge is 0.272 e. The van der Waals surface area contributed by atoms with E-state index in [1.165, 1.54) is 12.3 Å². The molecule has 4 aliphatic rings. The SMILES string of the molecule is CC1=CC2N=CC(CN3C[C@H](Oc4ccc(C(=O)N[C@@H]5CC5(F)F)nc4)[C@H]3C)=CC2=NC1=O. The average molecular weight is 455 g/mol. The van der Waals surface area contributed by atoms with Gasteiger partial charge in [0.15, 0.2) is 0 Å². The van der Waals surface area contributed by atoms with E-state index in [0.717, 1.165) is 5.57 Å². The van der Waals surface area contributed by atoms with Crippen molar-refractivity contribution in [1.29, 1.82) is 0 Å². The van der Waals surface area contributed by atoms with Gasteiger partial charge in [-0.25, -0.2) is 18.8 Å². The molecular weight excluding hydrogens is 432 g/mol. The molecule has 1 saturated carbocycles. The van der Waals surface area contributed by atoms with E-state index in [1.807, 2.05) is 18.4 Å².